The molecule has 0 bridgehead atoms. The van der Waals surface area contributed by atoms with E-state index in [-0.39, 0.29) is 135 Å². The van der Waals surface area contributed by atoms with Gasteiger partial charge in [-0.05, 0) is 57.0 Å². The fourth-order valence-corrected chi connectivity index (χ4v) is 9.97. The third-order valence-electron chi connectivity index (χ3n) is 15.4. The number of hydrogen-bond acceptors (Lipinski definition) is 29. The van der Waals surface area contributed by atoms with Crippen molar-refractivity contribution in [3.63, 3.8) is 0 Å². The molecule has 8 amide bonds. The largest absolute Gasteiger partial charge is 0.762 e. The van der Waals surface area contributed by atoms with Crippen LogP contribution in [0.4, 0.5) is 12.9 Å². The van der Waals surface area contributed by atoms with E-state index in [9.17, 15) is 94.5 Å². The molecule has 7 aliphatic rings. The fraction of sp³-hybridized carbons (Fsp3) is 0.578. The van der Waals surface area contributed by atoms with Gasteiger partial charge in [0.15, 0.2) is 11.5 Å². The van der Waals surface area contributed by atoms with Crippen LogP contribution < -0.4 is 10.9 Å². The first kappa shape index (κ1) is 103. The van der Waals surface area contributed by atoms with Crippen molar-refractivity contribution in [1.29, 1.82) is 0 Å². The quantitative estimate of drug-likeness (QED) is 0.0179. The number of nitrogens with one attached hydrogen (secondary N) is 2. The normalized spacial score (nSPS) is 17.0. The Morgan fingerprint density at radius 2 is 1.04 bits per heavy atom. The van der Waals surface area contributed by atoms with Crippen molar-refractivity contribution in [3.05, 3.63) is 59.6 Å². The number of fused-ring (bicyclic) bond motifs is 3. The van der Waals surface area contributed by atoms with Gasteiger partial charge in [-0.15, -0.1) is 6.08 Å². The van der Waals surface area contributed by atoms with Gasteiger partial charge >= 0.3 is 31.4 Å². The Balaban J connectivity index is -0.00000120. The Kier molecular flexibility index (Phi) is 45.3. The van der Waals surface area contributed by atoms with Crippen LogP contribution in [0.15, 0.2) is 59.6 Å². The second kappa shape index (κ2) is 47.3. The monoisotopic (exact) mass is 1650 g/mol. The summed E-state index contributed by atoms with van der Waals surface area (Å²) in [6.07, 6.45) is 5.06. The maximum Gasteiger partial charge on any atom is 0.762 e. The Labute approximate surface area is 651 Å². The zero-order valence-corrected chi connectivity index (χ0v) is 69.7. The Bertz CT molecular complexity index is 3400. The number of rotatable bonds is 19. The van der Waals surface area contributed by atoms with E-state index in [0.29, 0.717) is 11.5 Å². The first-order chi connectivity index (χ1) is 49.3. The molecule has 4 saturated heterocycles. The second-order valence-electron chi connectivity index (χ2n) is 25.1. The molecular formula is C64H97BF3N8O29Si2Y-. The molecule has 4 fully saturated rings. The van der Waals surface area contributed by atoms with E-state index in [1.165, 1.54) is 80.1 Å². The molecule has 0 saturated carbocycles. The van der Waals surface area contributed by atoms with Gasteiger partial charge < -0.3 is 65.8 Å². The summed E-state index contributed by atoms with van der Waals surface area (Å²) in [5.74, 6) is -8.43. The van der Waals surface area contributed by atoms with Gasteiger partial charge in [0.2, 0.25) is 40.0 Å². The third kappa shape index (κ3) is 32.2. The summed E-state index contributed by atoms with van der Waals surface area (Å²) >= 11 is 0. The van der Waals surface area contributed by atoms with Crippen LogP contribution in [0.1, 0.15) is 101 Å². The number of allylic oxidation sites excluding steroid dienone is 2. The summed E-state index contributed by atoms with van der Waals surface area (Å²) in [5.41, 5.74) is 2.01. The standard InChI is InChI=1S/C16H26N2O6Si.C13H24O4Si.C9H8N2O5.C8H5N2O4.C6H8O4.C5H12O3.C4H10O.C3H4N2O2.BF3.Y/c1-15(2,3)25(6,7)24-11-9-16(23-5,14(21)22-4)18-13(20)8-12(19)17(18)10-11;1-10(9-11(15-5)12(14)16-6)17-18(7,8)13(2,3)4;1-16-9(15)6-2-5(12)4-10-7(13)3-8(14)11(6)10;11-4-5-1-6(12)3-9-7(13)2-8(14)10(5)9;1-4(7)3-5(8)6(9)10-2;1-5(6-2,7-3)8-4;1-3-5-4-2;6-2-1-3(7)5-4-2;2-1(3)4;/h9H,8,10H2,1-7H3;9H,1H2,2-8H3;2H,3-4H2,1H3;1H,2-3H2;3H2,1-2H3;1-4H3;3-4H2,1-2H3;1H2,(H,4,6)(H,5,7);;/q;;;-1;;;;;;/b;11-9-;;;;;;;;. The van der Waals surface area contributed by atoms with Crippen LogP contribution >= 0.6 is 0 Å². The molecule has 37 nitrogen and oxygen atoms in total. The van der Waals surface area contributed by atoms with Gasteiger partial charge in [0.05, 0.1) is 66.6 Å². The number of Topliss-reactive ketones (excluding diaryl/α,β-unsaturated/α-hetero) is 2. The first-order valence-electron chi connectivity index (χ1n) is 31.8. The van der Waals surface area contributed by atoms with Gasteiger partial charge in [-0.25, -0.2) is 44.2 Å². The van der Waals surface area contributed by atoms with Crippen molar-refractivity contribution < 1.29 is 183 Å². The number of esters is 4. The molecule has 7 rings (SSSR count). The zero-order valence-electron chi connectivity index (χ0n) is 64.9. The molecule has 0 aromatic rings. The van der Waals surface area contributed by atoms with Crippen molar-refractivity contribution in [2.45, 2.75) is 149 Å². The van der Waals surface area contributed by atoms with Crippen LogP contribution in [0, 0.1) is 0 Å². The topological polar surface area (TPSA) is 444 Å². The molecule has 603 valence electrons. The Hall–Kier alpha value is -8.72. The summed E-state index contributed by atoms with van der Waals surface area (Å²) in [7, 11) is 4.16. The SMILES string of the molecule is C=C(/C=C(\OC)C(=O)OC)O[Si](C)(C)C(C)(C)C.CCOCC.COC(=O)C(=O)CC(C)=O.COC(=O)C1(OC)C=C(O[Si](C)(C)C(C)(C)C)CN2C(=O)CC(=O)N21.COC(=O)C1=CC(=O)CN2C(=O)CC(=O)N12.COC(C)(OC)OC.FB(F)F.O=C1CC(=O)NN1.O=[C-]C1=CC(=O)CN2C(=O)CC(=O)N12.[Y]. The number of ether oxygens (including phenoxy) is 10. The molecule has 108 heavy (non-hydrogen) atoms. The number of hydrogen-bond donors (Lipinski definition) is 2. The van der Waals surface area contributed by atoms with Gasteiger partial charge in [-0.3, -0.25) is 81.5 Å². The summed E-state index contributed by atoms with van der Waals surface area (Å²) < 4.78 is 88.6. The molecule has 0 aliphatic carbocycles. The van der Waals surface area contributed by atoms with E-state index in [4.69, 9.17) is 42.0 Å². The second-order valence-corrected chi connectivity index (χ2v) is 34.5. The van der Waals surface area contributed by atoms with E-state index >= 15 is 0 Å². The molecule has 1 radical (unpaired) electrons. The number of halogens is 3. The van der Waals surface area contributed by atoms with Crippen LogP contribution in [-0.4, -0.2) is 263 Å². The molecule has 44 heteroatoms. The third-order valence-corrected chi connectivity index (χ3v) is 24.2. The summed E-state index contributed by atoms with van der Waals surface area (Å²) in [5, 5.41) is 5.94. The van der Waals surface area contributed by atoms with Gasteiger partial charge in [0.25, 0.3) is 47.1 Å². The summed E-state index contributed by atoms with van der Waals surface area (Å²) in [6.45, 7) is 33.1. The number of methoxy groups -OCH3 is 9. The van der Waals surface area contributed by atoms with Crippen LogP contribution in [0.5, 0.6) is 0 Å². The minimum atomic E-state index is -3.67. The molecule has 7 heterocycles. The number of nitrogens with zero attached hydrogens (tertiary/aromatic N) is 6. The van der Waals surface area contributed by atoms with Crippen molar-refractivity contribution in [3.8, 4) is 0 Å². The van der Waals surface area contributed by atoms with Gasteiger partial charge in [0, 0.05) is 106 Å². The van der Waals surface area contributed by atoms with E-state index in [1.54, 1.807) is 6.92 Å². The molecule has 2 N–H and O–H groups in total. The predicted octanol–water partition coefficient (Wildman–Crippen LogP) is 2.53. The Morgan fingerprint density at radius 1 is 0.602 bits per heavy atom. The van der Waals surface area contributed by atoms with E-state index in [1.807, 2.05) is 13.8 Å². The Morgan fingerprint density at radius 3 is 1.39 bits per heavy atom. The van der Waals surface area contributed by atoms with Gasteiger partial charge in [-0.2, -0.15) is 0 Å². The molecule has 1 unspecified atom stereocenters. The predicted molar refractivity (Wildman–Crippen MR) is 370 cm³/mol. The van der Waals surface area contributed by atoms with Gasteiger partial charge in [-0.1, -0.05) is 53.8 Å². The molecule has 7 aliphatic heterocycles. The van der Waals surface area contributed by atoms with E-state index in [2.05, 4.69) is 99.4 Å². The number of amides is 8. The van der Waals surface area contributed by atoms with Crippen molar-refractivity contribution >= 4 is 125 Å². The van der Waals surface area contributed by atoms with Crippen molar-refractivity contribution in [2.24, 2.45) is 0 Å². The minimum Gasteiger partial charge on any atom is -0.545 e. The van der Waals surface area contributed by atoms with E-state index < -0.39 is 107 Å². The number of hydrazine groups is 4. The molecular weight excluding hydrogens is 1560 g/mol. The van der Waals surface area contributed by atoms with Crippen molar-refractivity contribution in [1.82, 2.24) is 40.9 Å². The number of carbonyl (C=O) groups is 16. The number of carbonyl (C=O) groups excluding carboxylic acids is 17. The molecule has 1 atom stereocenters. The zero-order chi connectivity index (χ0) is 83.7. The van der Waals surface area contributed by atoms with Crippen LogP contribution in [-0.2, 0) is 170 Å². The maximum atomic E-state index is 12.5. The maximum absolute atomic E-state index is 12.5. The molecule has 0 aromatic heterocycles. The minimum absolute atomic E-state index is 0. The first-order valence-corrected chi connectivity index (χ1v) is 37.6. The fourth-order valence-electron chi connectivity index (χ4n) is 7.87. The van der Waals surface area contributed by atoms with E-state index in [0.717, 1.165) is 64.6 Å². The average molecular weight is 1660 g/mol. The number of ketones is 4. The van der Waals surface area contributed by atoms with Crippen molar-refractivity contribution in [2.75, 3.05) is 96.8 Å². The summed E-state index contributed by atoms with van der Waals surface area (Å²) in [6, 6.07) is 0. The van der Waals surface area contributed by atoms with Crippen LogP contribution in [0.3, 0.4) is 0 Å². The summed E-state index contributed by atoms with van der Waals surface area (Å²) in [4.78, 5) is 189. The van der Waals surface area contributed by atoms with Gasteiger partial charge in [0.1, 0.15) is 43.8 Å². The average Bonchev–Trinajstić information content (AvgIpc) is 1.51. The molecule has 0 spiro atoms. The van der Waals surface area contributed by atoms with Crippen LogP contribution in [0.25, 0.3) is 0 Å². The smallest absolute Gasteiger partial charge is 0.545 e. The van der Waals surface area contributed by atoms with Crippen LogP contribution in [0.2, 0.25) is 36.3 Å². The molecule has 0 aromatic carbocycles.